The van der Waals surface area contributed by atoms with E-state index < -0.39 is 24.7 Å². The van der Waals surface area contributed by atoms with Crippen molar-refractivity contribution in [3.05, 3.63) is 0 Å². The molecule has 0 radical (unpaired) electrons. The second kappa shape index (κ2) is 6.70. The summed E-state index contributed by atoms with van der Waals surface area (Å²) >= 11 is 0. The molecule has 4 nitrogen and oxygen atoms in total. The molecule has 96 valence electrons. The van der Waals surface area contributed by atoms with Gasteiger partial charge in [0.05, 0.1) is 12.6 Å². The van der Waals surface area contributed by atoms with Crippen molar-refractivity contribution in [3.8, 4) is 0 Å². The van der Waals surface area contributed by atoms with E-state index in [0.29, 0.717) is 6.61 Å². The molecule has 1 amide bonds. The van der Waals surface area contributed by atoms with Gasteiger partial charge in [-0.1, -0.05) is 0 Å². The lowest BCUT2D eigenvalue weighted by Crippen LogP contribution is -2.48. The van der Waals surface area contributed by atoms with Gasteiger partial charge in [0.1, 0.15) is 6.54 Å². The van der Waals surface area contributed by atoms with Crippen LogP contribution in [0.15, 0.2) is 0 Å². The Kier molecular flexibility index (Phi) is 6.35. The van der Waals surface area contributed by atoms with Crippen LogP contribution in [0.2, 0.25) is 0 Å². The third-order valence-corrected chi connectivity index (χ3v) is 1.81. The molecule has 7 heteroatoms. The predicted octanol–water partition coefficient (Wildman–Crippen LogP) is 0.678. The zero-order chi connectivity index (χ0) is 12.8. The summed E-state index contributed by atoms with van der Waals surface area (Å²) in [5.74, 6) is -0.680. The maximum absolute atomic E-state index is 11.8. The van der Waals surface area contributed by atoms with Gasteiger partial charge < -0.3 is 15.4 Å². The monoisotopic (exact) mass is 242 g/mol. The SMILES string of the molecule is COCC(C)NC(C)C(=O)NCC(F)(F)F. The summed E-state index contributed by atoms with van der Waals surface area (Å²) in [6, 6.07) is -0.788. The topological polar surface area (TPSA) is 50.4 Å². The molecule has 0 fully saturated rings. The molecule has 2 atom stereocenters. The van der Waals surface area contributed by atoms with E-state index in [1.807, 2.05) is 0 Å². The smallest absolute Gasteiger partial charge is 0.383 e. The van der Waals surface area contributed by atoms with Crippen LogP contribution < -0.4 is 10.6 Å². The molecule has 0 heterocycles. The van der Waals surface area contributed by atoms with E-state index in [-0.39, 0.29) is 6.04 Å². The molecular formula is C9H17F3N2O2. The van der Waals surface area contributed by atoms with Crippen LogP contribution >= 0.6 is 0 Å². The zero-order valence-electron chi connectivity index (χ0n) is 9.52. The zero-order valence-corrected chi connectivity index (χ0v) is 9.52. The minimum absolute atomic E-state index is 0.100. The maximum Gasteiger partial charge on any atom is 0.405 e. The number of amides is 1. The summed E-state index contributed by atoms with van der Waals surface area (Å²) in [7, 11) is 1.51. The first-order valence-electron chi connectivity index (χ1n) is 4.85. The van der Waals surface area contributed by atoms with Crippen molar-refractivity contribution in [1.82, 2.24) is 10.6 Å². The van der Waals surface area contributed by atoms with Gasteiger partial charge in [-0.25, -0.2) is 0 Å². The molecule has 0 aliphatic rings. The summed E-state index contributed by atoms with van der Waals surface area (Å²) in [5.41, 5.74) is 0. The van der Waals surface area contributed by atoms with Crippen molar-refractivity contribution in [2.24, 2.45) is 0 Å². The minimum Gasteiger partial charge on any atom is -0.383 e. The van der Waals surface area contributed by atoms with Gasteiger partial charge in [0, 0.05) is 13.2 Å². The maximum atomic E-state index is 11.8. The number of rotatable bonds is 6. The van der Waals surface area contributed by atoms with Gasteiger partial charge in [-0.3, -0.25) is 4.79 Å². The van der Waals surface area contributed by atoms with Gasteiger partial charge >= 0.3 is 6.18 Å². The molecule has 0 spiro atoms. The Hall–Kier alpha value is -0.820. The third kappa shape index (κ3) is 7.47. The van der Waals surface area contributed by atoms with Gasteiger partial charge in [0.25, 0.3) is 0 Å². The molecule has 0 bridgehead atoms. The quantitative estimate of drug-likeness (QED) is 0.720. The molecular weight excluding hydrogens is 225 g/mol. The largest absolute Gasteiger partial charge is 0.405 e. The number of alkyl halides is 3. The van der Waals surface area contributed by atoms with Crippen LogP contribution in [0.4, 0.5) is 13.2 Å². The van der Waals surface area contributed by atoms with Crippen LogP contribution in [0.25, 0.3) is 0 Å². The normalized spacial score (nSPS) is 15.6. The molecule has 0 aromatic rings. The highest BCUT2D eigenvalue weighted by Gasteiger charge is 2.28. The van der Waals surface area contributed by atoms with Crippen molar-refractivity contribution in [1.29, 1.82) is 0 Å². The van der Waals surface area contributed by atoms with Crippen molar-refractivity contribution in [3.63, 3.8) is 0 Å². The van der Waals surface area contributed by atoms with Crippen molar-refractivity contribution in [2.75, 3.05) is 20.3 Å². The van der Waals surface area contributed by atoms with Crippen LogP contribution in [0, 0.1) is 0 Å². The molecule has 0 saturated heterocycles. The molecule has 0 saturated carbocycles. The standard InChI is InChI=1S/C9H17F3N2O2/c1-6(4-16-3)14-7(2)8(15)13-5-9(10,11)12/h6-7,14H,4-5H2,1-3H3,(H,13,15). The fraction of sp³-hybridized carbons (Fsp3) is 0.889. The number of carbonyl (C=O) groups is 1. The second-order valence-corrected chi connectivity index (χ2v) is 3.58. The average molecular weight is 242 g/mol. The molecule has 0 aliphatic heterocycles. The van der Waals surface area contributed by atoms with E-state index in [9.17, 15) is 18.0 Å². The number of hydrogen-bond acceptors (Lipinski definition) is 3. The molecule has 2 unspecified atom stereocenters. The number of carbonyl (C=O) groups excluding carboxylic acids is 1. The Morgan fingerprint density at radius 3 is 2.38 bits per heavy atom. The summed E-state index contributed by atoms with van der Waals surface area (Å²) in [4.78, 5) is 11.2. The average Bonchev–Trinajstić information content (AvgIpc) is 2.13. The van der Waals surface area contributed by atoms with Crippen LogP contribution in [0.5, 0.6) is 0 Å². The second-order valence-electron chi connectivity index (χ2n) is 3.58. The lowest BCUT2D eigenvalue weighted by Gasteiger charge is -2.19. The molecule has 2 N–H and O–H groups in total. The highest BCUT2D eigenvalue weighted by molar-refractivity contribution is 5.81. The van der Waals surface area contributed by atoms with Crippen LogP contribution in [-0.2, 0) is 9.53 Å². The van der Waals surface area contributed by atoms with E-state index in [0.717, 1.165) is 0 Å². The molecule has 0 aromatic heterocycles. The summed E-state index contributed by atoms with van der Waals surface area (Å²) < 4.78 is 40.2. The highest BCUT2D eigenvalue weighted by Crippen LogP contribution is 2.12. The summed E-state index contributed by atoms with van der Waals surface area (Å²) in [6.45, 7) is 2.35. The fourth-order valence-electron chi connectivity index (χ4n) is 1.14. The number of methoxy groups -OCH3 is 1. The Bertz CT molecular complexity index is 221. The van der Waals surface area contributed by atoms with Crippen molar-refractivity contribution >= 4 is 5.91 Å². The highest BCUT2D eigenvalue weighted by atomic mass is 19.4. The molecule has 0 rings (SSSR count). The number of ether oxygens (including phenoxy) is 1. The van der Waals surface area contributed by atoms with Crippen LogP contribution in [0.3, 0.4) is 0 Å². The summed E-state index contributed by atoms with van der Waals surface area (Å²) in [5, 5.41) is 4.61. The Labute approximate surface area is 92.5 Å². The van der Waals surface area contributed by atoms with E-state index in [4.69, 9.17) is 4.74 Å². The fourth-order valence-corrected chi connectivity index (χ4v) is 1.14. The first-order chi connectivity index (χ1) is 7.26. The lowest BCUT2D eigenvalue weighted by molar-refractivity contribution is -0.139. The predicted molar refractivity (Wildman–Crippen MR) is 53.0 cm³/mol. The van der Waals surface area contributed by atoms with E-state index in [1.165, 1.54) is 14.0 Å². The number of halogens is 3. The van der Waals surface area contributed by atoms with Crippen molar-refractivity contribution < 1.29 is 22.7 Å². The summed E-state index contributed by atoms with van der Waals surface area (Å²) in [6.07, 6.45) is -4.38. The van der Waals surface area contributed by atoms with Gasteiger partial charge in [-0.15, -0.1) is 0 Å². The first-order valence-corrected chi connectivity index (χ1v) is 4.85. The number of nitrogens with one attached hydrogen (secondary N) is 2. The van der Waals surface area contributed by atoms with Gasteiger partial charge in [-0.2, -0.15) is 13.2 Å². The van der Waals surface area contributed by atoms with Crippen molar-refractivity contribution in [2.45, 2.75) is 32.1 Å². The van der Waals surface area contributed by atoms with Gasteiger partial charge in [-0.05, 0) is 13.8 Å². The minimum atomic E-state index is -4.38. The van der Waals surface area contributed by atoms with Crippen LogP contribution in [0.1, 0.15) is 13.8 Å². The van der Waals surface area contributed by atoms with Crippen LogP contribution in [-0.4, -0.2) is 44.4 Å². The first kappa shape index (κ1) is 15.2. The van der Waals surface area contributed by atoms with E-state index in [2.05, 4.69) is 5.32 Å². The molecule has 16 heavy (non-hydrogen) atoms. The molecule has 0 aliphatic carbocycles. The Balaban J connectivity index is 3.90. The number of hydrogen-bond donors (Lipinski definition) is 2. The molecule has 0 aromatic carbocycles. The van der Waals surface area contributed by atoms with Gasteiger partial charge in [0.15, 0.2) is 0 Å². The van der Waals surface area contributed by atoms with E-state index in [1.54, 1.807) is 12.2 Å². The van der Waals surface area contributed by atoms with Gasteiger partial charge in [0.2, 0.25) is 5.91 Å². The lowest BCUT2D eigenvalue weighted by atomic mass is 10.2. The van der Waals surface area contributed by atoms with E-state index >= 15 is 0 Å². The Morgan fingerprint density at radius 1 is 1.38 bits per heavy atom. The Morgan fingerprint density at radius 2 is 1.94 bits per heavy atom. The third-order valence-electron chi connectivity index (χ3n) is 1.81.